The van der Waals surface area contributed by atoms with Crippen LogP contribution in [0.15, 0.2) is 60.8 Å². The van der Waals surface area contributed by atoms with Gasteiger partial charge in [0.2, 0.25) is 15.9 Å². The Balaban J connectivity index is 1.84. The highest BCUT2D eigenvalue weighted by Crippen LogP contribution is 2.26. The Morgan fingerprint density at radius 1 is 1.11 bits per heavy atom. The molecule has 0 saturated carbocycles. The lowest BCUT2D eigenvalue weighted by atomic mass is 10.2. The first kappa shape index (κ1) is 19.6. The molecule has 0 aliphatic rings. The molecule has 1 N–H and O–H groups in total. The number of ether oxygens (including phenoxy) is 1. The largest absolute Gasteiger partial charge is 0.494 e. The van der Waals surface area contributed by atoms with Gasteiger partial charge in [-0.15, -0.1) is 0 Å². The van der Waals surface area contributed by atoms with Gasteiger partial charge in [-0.2, -0.15) is 0 Å². The third-order valence-corrected chi connectivity index (χ3v) is 5.14. The second-order valence-electron chi connectivity index (χ2n) is 6.13. The number of nitrogens with zero attached hydrogens (tertiary/aromatic N) is 2. The normalized spacial score (nSPS) is 11.2. The zero-order valence-corrected chi connectivity index (χ0v) is 16.4. The Morgan fingerprint density at radius 3 is 2.50 bits per heavy atom. The van der Waals surface area contributed by atoms with Crippen molar-refractivity contribution in [3.8, 4) is 5.75 Å². The molecule has 0 spiro atoms. The van der Waals surface area contributed by atoms with Crippen molar-refractivity contribution in [3.05, 3.63) is 60.8 Å². The Morgan fingerprint density at radius 2 is 1.82 bits per heavy atom. The van der Waals surface area contributed by atoms with Crippen molar-refractivity contribution in [2.45, 2.75) is 6.92 Å². The van der Waals surface area contributed by atoms with E-state index < -0.39 is 15.9 Å². The molecule has 1 aromatic heterocycles. The highest BCUT2D eigenvalue weighted by Gasteiger charge is 2.23. The highest BCUT2D eigenvalue weighted by atomic mass is 32.2. The number of aromatic nitrogens is 1. The fraction of sp³-hybridized carbons (Fsp3) is 0.200. The Bertz CT molecular complexity index is 1080. The minimum absolute atomic E-state index is 0.359. The van der Waals surface area contributed by atoms with E-state index in [1.165, 1.54) is 0 Å². The van der Waals surface area contributed by atoms with Crippen molar-refractivity contribution in [2.24, 2.45) is 0 Å². The molecular formula is C20H21N3O4S. The first-order valence-corrected chi connectivity index (χ1v) is 10.6. The van der Waals surface area contributed by atoms with Gasteiger partial charge in [-0.05, 0) is 43.3 Å². The molecule has 0 atom stereocenters. The summed E-state index contributed by atoms with van der Waals surface area (Å²) in [5.41, 5.74) is 1.43. The number of benzene rings is 2. The van der Waals surface area contributed by atoms with Gasteiger partial charge in [0.05, 0.1) is 24.1 Å². The molecule has 0 aliphatic heterocycles. The van der Waals surface area contributed by atoms with E-state index in [4.69, 9.17) is 4.74 Å². The molecule has 0 aliphatic carbocycles. The molecule has 1 amide bonds. The summed E-state index contributed by atoms with van der Waals surface area (Å²) in [6.07, 6.45) is 2.66. The summed E-state index contributed by atoms with van der Waals surface area (Å²) in [6.45, 7) is 2.08. The molecule has 28 heavy (non-hydrogen) atoms. The van der Waals surface area contributed by atoms with Crippen LogP contribution in [-0.4, -0.2) is 38.7 Å². The minimum atomic E-state index is -3.70. The van der Waals surface area contributed by atoms with Gasteiger partial charge in [0.15, 0.2) is 0 Å². The van der Waals surface area contributed by atoms with Crippen LogP contribution in [0.4, 0.5) is 11.4 Å². The lowest BCUT2D eigenvalue weighted by molar-refractivity contribution is -0.114. The van der Waals surface area contributed by atoms with Gasteiger partial charge in [-0.1, -0.05) is 18.2 Å². The van der Waals surface area contributed by atoms with Gasteiger partial charge in [0.25, 0.3) is 0 Å². The quantitative estimate of drug-likeness (QED) is 0.660. The molecule has 2 aromatic carbocycles. The lowest BCUT2D eigenvalue weighted by Crippen LogP contribution is -2.37. The molecule has 1 heterocycles. The van der Waals surface area contributed by atoms with Crippen LogP contribution in [0.1, 0.15) is 6.92 Å². The van der Waals surface area contributed by atoms with Gasteiger partial charge in [-0.3, -0.25) is 14.1 Å². The monoisotopic (exact) mass is 399 g/mol. The molecule has 3 aromatic rings. The number of anilines is 2. The van der Waals surface area contributed by atoms with E-state index in [0.717, 1.165) is 15.9 Å². The summed E-state index contributed by atoms with van der Waals surface area (Å²) in [7, 11) is -3.70. The highest BCUT2D eigenvalue weighted by molar-refractivity contribution is 7.92. The number of carbonyl (C=O) groups is 1. The first-order chi connectivity index (χ1) is 13.4. The third-order valence-electron chi connectivity index (χ3n) is 4.02. The Hall–Kier alpha value is -3.13. The predicted octanol–water partition coefficient (Wildman–Crippen LogP) is 3.04. The summed E-state index contributed by atoms with van der Waals surface area (Å²) in [5, 5.41) is 3.50. The number of carbonyl (C=O) groups excluding carboxylic acids is 1. The van der Waals surface area contributed by atoms with Crippen LogP contribution in [0.25, 0.3) is 10.9 Å². The SMILES string of the molecule is CCOc1ccc(NC(=O)CN(c2cccc3cccnc23)S(C)(=O)=O)cc1. The number of pyridine rings is 1. The van der Waals surface area contributed by atoms with Crippen molar-refractivity contribution in [3.63, 3.8) is 0 Å². The van der Waals surface area contributed by atoms with Crippen molar-refractivity contribution in [2.75, 3.05) is 29.0 Å². The van der Waals surface area contributed by atoms with Crippen LogP contribution in [0.2, 0.25) is 0 Å². The molecule has 146 valence electrons. The van der Waals surface area contributed by atoms with Crippen LogP contribution in [0.5, 0.6) is 5.75 Å². The second kappa shape index (κ2) is 8.26. The predicted molar refractivity (Wildman–Crippen MR) is 110 cm³/mol. The number of amides is 1. The molecule has 0 saturated heterocycles. The maximum absolute atomic E-state index is 12.5. The van der Waals surface area contributed by atoms with Crippen molar-refractivity contribution >= 4 is 38.2 Å². The van der Waals surface area contributed by atoms with Crippen molar-refractivity contribution < 1.29 is 17.9 Å². The minimum Gasteiger partial charge on any atom is -0.494 e. The van der Waals surface area contributed by atoms with Gasteiger partial charge in [0, 0.05) is 17.3 Å². The van der Waals surface area contributed by atoms with Crippen LogP contribution >= 0.6 is 0 Å². The molecule has 0 radical (unpaired) electrons. The number of fused-ring (bicyclic) bond motifs is 1. The molecule has 0 fully saturated rings. The number of hydrogen-bond acceptors (Lipinski definition) is 5. The number of nitrogens with one attached hydrogen (secondary N) is 1. The zero-order valence-electron chi connectivity index (χ0n) is 15.6. The van der Waals surface area contributed by atoms with E-state index in [-0.39, 0.29) is 6.54 Å². The van der Waals surface area contributed by atoms with Crippen LogP contribution < -0.4 is 14.4 Å². The Kier molecular flexibility index (Phi) is 5.79. The van der Waals surface area contributed by atoms with Gasteiger partial charge in [0.1, 0.15) is 12.3 Å². The topological polar surface area (TPSA) is 88.6 Å². The van der Waals surface area contributed by atoms with Crippen molar-refractivity contribution in [1.82, 2.24) is 4.98 Å². The Labute approximate surface area is 164 Å². The van der Waals surface area contributed by atoms with E-state index in [1.54, 1.807) is 48.7 Å². The van der Waals surface area contributed by atoms with E-state index in [1.807, 2.05) is 19.1 Å². The number of para-hydroxylation sites is 1. The number of hydrogen-bond donors (Lipinski definition) is 1. The average Bonchev–Trinajstić information content (AvgIpc) is 2.67. The molecule has 0 unspecified atom stereocenters. The van der Waals surface area contributed by atoms with Gasteiger partial charge < -0.3 is 10.1 Å². The summed E-state index contributed by atoms with van der Waals surface area (Å²) in [4.78, 5) is 16.8. The average molecular weight is 399 g/mol. The number of rotatable bonds is 7. The zero-order chi connectivity index (χ0) is 20.1. The standard InChI is InChI=1S/C20H21N3O4S/c1-3-27-17-11-9-16(10-12-17)22-19(24)14-23(28(2,25)26)18-8-4-6-15-7-5-13-21-20(15)18/h4-13H,3,14H2,1-2H3,(H,22,24). The van der Waals surface area contributed by atoms with E-state index in [0.29, 0.717) is 29.2 Å². The molecule has 8 heteroatoms. The fourth-order valence-electron chi connectivity index (χ4n) is 2.80. The molecule has 3 rings (SSSR count). The summed E-state index contributed by atoms with van der Waals surface area (Å²) in [6, 6.07) is 15.7. The molecule has 0 bridgehead atoms. The van der Waals surface area contributed by atoms with Gasteiger partial charge >= 0.3 is 0 Å². The summed E-state index contributed by atoms with van der Waals surface area (Å²) in [5.74, 6) is 0.239. The number of sulfonamides is 1. The second-order valence-corrected chi connectivity index (χ2v) is 8.03. The van der Waals surface area contributed by atoms with Crippen LogP contribution in [0, 0.1) is 0 Å². The maximum atomic E-state index is 12.5. The first-order valence-electron chi connectivity index (χ1n) is 8.72. The molecular weight excluding hydrogens is 378 g/mol. The van der Waals surface area contributed by atoms with Crippen LogP contribution in [0.3, 0.4) is 0 Å². The molecule has 7 nitrogen and oxygen atoms in total. The van der Waals surface area contributed by atoms with E-state index in [9.17, 15) is 13.2 Å². The van der Waals surface area contributed by atoms with Crippen molar-refractivity contribution in [1.29, 1.82) is 0 Å². The summed E-state index contributed by atoms with van der Waals surface area (Å²) < 4.78 is 31.2. The van der Waals surface area contributed by atoms with E-state index in [2.05, 4.69) is 10.3 Å². The summed E-state index contributed by atoms with van der Waals surface area (Å²) >= 11 is 0. The van der Waals surface area contributed by atoms with E-state index >= 15 is 0 Å². The third kappa shape index (κ3) is 4.58. The lowest BCUT2D eigenvalue weighted by Gasteiger charge is -2.23. The fourth-order valence-corrected chi connectivity index (χ4v) is 3.66. The van der Waals surface area contributed by atoms with Crippen LogP contribution in [-0.2, 0) is 14.8 Å². The smallest absolute Gasteiger partial charge is 0.245 e. The maximum Gasteiger partial charge on any atom is 0.245 e. The van der Waals surface area contributed by atoms with Gasteiger partial charge in [-0.25, -0.2) is 8.42 Å².